The number of thiazole rings is 2. The number of aliphatic imine (C=N–C) groups is 1. The highest BCUT2D eigenvalue weighted by atomic mass is 79.9. The lowest BCUT2D eigenvalue weighted by Gasteiger charge is -2.03. The molecule has 2 heterocycles. The molecule has 0 aliphatic rings. The number of carbonyl (C=O) groups excluding carboxylic acids is 2. The van der Waals surface area contributed by atoms with Crippen molar-refractivity contribution in [2.75, 3.05) is 23.9 Å². The van der Waals surface area contributed by atoms with Crippen LogP contribution in [0.4, 0.5) is 11.4 Å². The van der Waals surface area contributed by atoms with Gasteiger partial charge in [-0.15, -0.1) is 22.7 Å². The van der Waals surface area contributed by atoms with Crippen molar-refractivity contribution in [3.05, 3.63) is 94.5 Å². The highest BCUT2D eigenvalue weighted by Crippen LogP contribution is 2.34. The SMILES string of the molecule is COc1ccc(O)c(C=Nc2ccc3nc(SCC(=O)Nc4ccc5nc(SCC(=O)c6ccc(Br)cc6)sc5c4)sc3c2)c1. The molecule has 0 radical (unpaired) electrons. The summed E-state index contributed by atoms with van der Waals surface area (Å²) in [5.41, 5.74) is 4.28. The van der Waals surface area contributed by atoms with E-state index in [4.69, 9.17) is 4.74 Å². The maximum absolute atomic E-state index is 12.8. The van der Waals surface area contributed by atoms with E-state index in [1.54, 1.807) is 43.7 Å². The minimum absolute atomic E-state index is 0.0462. The average molecular weight is 736 g/mol. The van der Waals surface area contributed by atoms with Crippen molar-refractivity contribution in [2.24, 2.45) is 4.99 Å². The molecule has 8 nitrogen and oxygen atoms in total. The van der Waals surface area contributed by atoms with E-state index >= 15 is 0 Å². The van der Waals surface area contributed by atoms with Gasteiger partial charge in [-0.1, -0.05) is 51.6 Å². The summed E-state index contributed by atoms with van der Waals surface area (Å²) < 4.78 is 9.62. The molecule has 2 aromatic heterocycles. The lowest BCUT2D eigenvalue weighted by atomic mass is 10.2. The third-order valence-corrected chi connectivity index (χ3v) is 11.3. The number of methoxy groups -OCH3 is 1. The second-order valence-corrected chi connectivity index (χ2v) is 15.0. The first-order valence-electron chi connectivity index (χ1n) is 13.4. The van der Waals surface area contributed by atoms with Crippen molar-refractivity contribution < 1.29 is 19.4 Å². The van der Waals surface area contributed by atoms with E-state index in [2.05, 4.69) is 36.2 Å². The number of aromatic hydroxyl groups is 1. The molecular formula is C32H23BrN4O4S4. The van der Waals surface area contributed by atoms with E-state index < -0.39 is 0 Å². The number of nitrogens with one attached hydrogen (secondary N) is 1. The van der Waals surface area contributed by atoms with E-state index in [1.807, 2.05) is 48.5 Å². The van der Waals surface area contributed by atoms with Crippen LogP contribution in [-0.2, 0) is 4.79 Å². The second kappa shape index (κ2) is 14.1. The Morgan fingerprint density at radius 2 is 1.60 bits per heavy atom. The van der Waals surface area contributed by atoms with Crippen molar-refractivity contribution in [3.63, 3.8) is 0 Å². The van der Waals surface area contributed by atoms with Crippen LogP contribution in [0.1, 0.15) is 15.9 Å². The van der Waals surface area contributed by atoms with E-state index in [0.717, 1.165) is 39.3 Å². The first kappa shape index (κ1) is 31.2. The van der Waals surface area contributed by atoms with Gasteiger partial charge in [-0.25, -0.2) is 9.97 Å². The number of Topliss-reactive ketones (excluding diaryl/α,β-unsaturated/α-hetero) is 1. The number of halogens is 1. The van der Waals surface area contributed by atoms with Crippen LogP contribution >= 0.6 is 62.1 Å². The Balaban J connectivity index is 1.03. The molecule has 4 aromatic carbocycles. The summed E-state index contributed by atoms with van der Waals surface area (Å²) in [6, 6.07) is 23.6. The third-order valence-electron chi connectivity index (χ3n) is 6.41. The minimum atomic E-state index is -0.138. The lowest BCUT2D eigenvalue weighted by molar-refractivity contribution is -0.113. The number of thioether (sulfide) groups is 2. The van der Waals surface area contributed by atoms with Crippen molar-refractivity contribution >= 4 is 112 Å². The number of rotatable bonds is 11. The zero-order valence-electron chi connectivity index (χ0n) is 23.5. The second-order valence-electron chi connectivity index (χ2n) is 9.53. The van der Waals surface area contributed by atoms with Crippen LogP contribution in [0.5, 0.6) is 11.5 Å². The van der Waals surface area contributed by atoms with Gasteiger partial charge in [0.25, 0.3) is 0 Å². The minimum Gasteiger partial charge on any atom is -0.507 e. The number of nitrogens with zero attached hydrogens (tertiary/aromatic N) is 3. The Hall–Kier alpha value is -3.75. The van der Waals surface area contributed by atoms with Gasteiger partial charge in [-0.05, 0) is 66.7 Å². The molecule has 0 aliphatic heterocycles. The van der Waals surface area contributed by atoms with E-state index in [-0.39, 0.29) is 23.2 Å². The summed E-state index contributed by atoms with van der Waals surface area (Å²) in [6.45, 7) is 0. The summed E-state index contributed by atoms with van der Waals surface area (Å²) in [6.07, 6.45) is 1.59. The van der Waals surface area contributed by atoms with E-state index in [1.165, 1.54) is 46.2 Å². The number of ether oxygens (including phenoxy) is 1. The number of amides is 1. The van der Waals surface area contributed by atoms with Crippen molar-refractivity contribution in [1.29, 1.82) is 0 Å². The Morgan fingerprint density at radius 1 is 0.911 bits per heavy atom. The summed E-state index contributed by atoms with van der Waals surface area (Å²) in [5.74, 6) is 1.17. The molecule has 0 unspecified atom stereocenters. The number of phenolic OH excluding ortho intramolecular Hbond substituents is 1. The number of carbonyl (C=O) groups is 2. The number of hydrogen-bond acceptors (Lipinski definition) is 11. The molecule has 6 aromatic rings. The molecule has 45 heavy (non-hydrogen) atoms. The van der Waals surface area contributed by atoms with Crippen molar-refractivity contribution in [2.45, 2.75) is 8.68 Å². The summed E-state index contributed by atoms with van der Waals surface area (Å²) >= 11 is 9.16. The van der Waals surface area contributed by atoms with E-state index in [9.17, 15) is 14.7 Å². The van der Waals surface area contributed by atoms with Gasteiger partial charge in [0.05, 0.1) is 44.7 Å². The van der Waals surface area contributed by atoms with Gasteiger partial charge in [0.1, 0.15) is 11.5 Å². The van der Waals surface area contributed by atoms with E-state index in [0.29, 0.717) is 28.3 Å². The van der Waals surface area contributed by atoms with Crippen LogP contribution in [0, 0.1) is 0 Å². The zero-order valence-corrected chi connectivity index (χ0v) is 28.4. The van der Waals surface area contributed by atoms with Crippen LogP contribution in [0.2, 0.25) is 0 Å². The first-order chi connectivity index (χ1) is 21.8. The Bertz CT molecular complexity index is 2060. The molecule has 0 aliphatic carbocycles. The van der Waals surface area contributed by atoms with Crippen molar-refractivity contribution in [3.8, 4) is 11.5 Å². The van der Waals surface area contributed by atoms with Gasteiger partial charge in [0.2, 0.25) is 5.91 Å². The molecular weight excluding hydrogens is 713 g/mol. The molecule has 13 heteroatoms. The number of anilines is 1. The van der Waals surface area contributed by atoms with Crippen LogP contribution in [0.3, 0.4) is 0 Å². The fraction of sp³-hybridized carbons (Fsp3) is 0.0938. The number of ketones is 1. The maximum atomic E-state index is 12.8. The molecule has 0 saturated heterocycles. The van der Waals surface area contributed by atoms with Gasteiger partial charge in [0.15, 0.2) is 14.5 Å². The fourth-order valence-corrected chi connectivity index (χ4v) is 8.32. The number of aromatic nitrogens is 2. The fourth-order valence-electron chi connectivity index (χ4n) is 4.15. The maximum Gasteiger partial charge on any atom is 0.234 e. The monoisotopic (exact) mass is 734 g/mol. The average Bonchev–Trinajstić information content (AvgIpc) is 3.65. The smallest absolute Gasteiger partial charge is 0.234 e. The van der Waals surface area contributed by atoms with Crippen LogP contribution < -0.4 is 10.1 Å². The van der Waals surface area contributed by atoms with Gasteiger partial charge in [-0.2, -0.15) is 0 Å². The molecule has 0 spiro atoms. The highest BCUT2D eigenvalue weighted by Gasteiger charge is 2.13. The topological polar surface area (TPSA) is 114 Å². The molecule has 0 bridgehead atoms. The molecule has 0 atom stereocenters. The van der Waals surface area contributed by atoms with Crippen molar-refractivity contribution in [1.82, 2.24) is 9.97 Å². The van der Waals surface area contributed by atoms with Gasteiger partial charge < -0.3 is 15.2 Å². The summed E-state index contributed by atoms with van der Waals surface area (Å²) in [5, 5.41) is 13.1. The zero-order chi connectivity index (χ0) is 31.3. The van der Waals surface area contributed by atoms with Gasteiger partial charge in [-0.3, -0.25) is 14.6 Å². The predicted octanol–water partition coefficient (Wildman–Crippen LogP) is 8.84. The first-order valence-corrected chi connectivity index (χ1v) is 17.8. The summed E-state index contributed by atoms with van der Waals surface area (Å²) in [4.78, 5) is 39.1. The van der Waals surface area contributed by atoms with Gasteiger partial charge >= 0.3 is 0 Å². The Kier molecular flexibility index (Phi) is 9.81. The molecule has 226 valence electrons. The highest BCUT2D eigenvalue weighted by molar-refractivity contribution is 9.10. The molecule has 0 saturated carbocycles. The normalized spacial score (nSPS) is 11.4. The largest absolute Gasteiger partial charge is 0.507 e. The van der Waals surface area contributed by atoms with Crippen LogP contribution in [0.25, 0.3) is 20.4 Å². The van der Waals surface area contributed by atoms with Crippen LogP contribution in [0.15, 0.2) is 97.0 Å². The molecule has 0 fully saturated rings. The third kappa shape index (κ3) is 7.92. The Labute approximate surface area is 283 Å². The number of phenols is 1. The van der Waals surface area contributed by atoms with Gasteiger partial charge in [0, 0.05) is 27.5 Å². The quantitative estimate of drug-likeness (QED) is 0.0771. The standard InChI is InChI=1S/C32H23BrN4O4S4/c1-41-23-8-11-26(38)19(12-23)15-34-21-6-9-24-28(13-21)44-32(37-24)43-17-30(40)35-22-7-10-25-29(14-22)45-31(36-25)42-16-27(39)18-2-4-20(33)5-3-18/h2-15,38H,16-17H2,1H3,(H,35,40). The predicted molar refractivity (Wildman–Crippen MR) is 190 cm³/mol. The number of fused-ring (bicyclic) bond motifs is 2. The Morgan fingerprint density at radius 3 is 2.33 bits per heavy atom. The number of hydrogen-bond donors (Lipinski definition) is 2. The number of benzene rings is 4. The lowest BCUT2D eigenvalue weighted by Crippen LogP contribution is -2.13. The summed E-state index contributed by atoms with van der Waals surface area (Å²) in [7, 11) is 1.57. The molecule has 1 amide bonds. The van der Waals surface area contributed by atoms with Crippen LogP contribution in [-0.4, -0.2) is 51.6 Å². The molecule has 2 N–H and O–H groups in total. The molecule has 6 rings (SSSR count).